The molecule has 0 radical (unpaired) electrons. The summed E-state index contributed by atoms with van der Waals surface area (Å²) in [6.07, 6.45) is 2.97. The zero-order valence-electron chi connectivity index (χ0n) is 23.2. The number of aryl methyl sites for hydroxylation is 1. The molecule has 2 aromatic carbocycles. The predicted octanol–water partition coefficient (Wildman–Crippen LogP) is 3.55. The number of ether oxygens (including phenoxy) is 1. The lowest BCUT2D eigenvalue weighted by Crippen LogP contribution is -2.39. The van der Waals surface area contributed by atoms with Crippen LogP contribution in [0.15, 0.2) is 47.8 Å². The summed E-state index contributed by atoms with van der Waals surface area (Å²) in [5.41, 5.74) is 2.54. The number of hydrogen-bond acceptors (Lipinski definition) is 8. The van der Waals surface area contributed by atoms with Crippen molar-refractivity contribution in [2.24, 2.45) is 0 Å². The molecule has 1 aromatic heterocycles. The zero-order chi connectivity index (χ0) is 29.3. The average Bonchev–Trinajstić information content (AvgIpc) is 3.39. The molecule has 0 fully saturated rings. The van der Waals surface area contributed by atoms with Crippen LogP contribution in [0.1, 0.15) is 52.0 Å². The van der Waals surface area contributed by atoms with Crippen LogP contribution in [0.2, 0.25) is 0 Å². The third-order valence-corrected chi connectivity index (χ3v) is 8.51. The summed E-state index contributed by atoms with van der Waals surface area (Å²) in [4.78, 5) is 32.1. The second kappa shape index (κ2) is 14.2. The molecule has 0 atom stereocenters. The Morgan fingerprint density at radius 3 is 2.50 bits per heavy atom. The second-order valence-electron chi connectivity index (χ2n) is 9.46. The number of phenols is 1. The Morgan fingerprint density at radius 1 is 1.12 bits per heavy atom. The predicted molar refractivity (Wildman–Crippen MR) is 155 cm³/mol. The first-order valence-electron chi connectivity index (χ1n) is 12.9. The van der Waals surface area contributed by atoms with E-state index in [2.05, 4.69) is 4.98 Å². The van der Waals surface area contributed by atoms with Gasteiger partial charge in [-0.15, -0.1) is 11.3 Å². The molecule has 0 aliphatic rings. The molecule has 0 aliphatic heterocycles. The Balaban J connectivity index is 1.81. The standard InChI is InChI=1S/C28H36N4O6S2/c1-5-10-23-21(15-22(38-4)17-25(23)33)16-27(34)32(14-9-13-20-11-7-6-8-12-20)18-26-29-24(19-39-26)28(35)30-40(36,37)31(2)3/h6-8,11-12,15,17,19,33H,5,9-10,13-14,16,18H2,1-4H3,(H,30,35). The van der Waals surface area contributed by atoms with E-state index in [1.807, 2.05) is 42.0 Å². The van der Waals surface area contributed by atoms with Crippen LogP contribution in [0.5, 0.6) is 11.5 Å². The van der Waals surface area contributed by atoms with Crippen LogP contribution in [0, 0.1) is 0 Å². The number of carbonyl (C=O) groups is 2. The Hall–Kier alpha value is -3.48. The highest BCUT2D eigenvalue weighted by atomic mass is 32.2. The third kappa shape index (κ3) is 8.51. The average molecular weight is 589 g/mol. The molecule has 3 rings (SSSR count). The van der Waals surface area contributed by atoms with Crippen LogP contribution in [0.3, 0.4) is 0 Å². The molecule has 2 N–H and O–H groups in total. The number of carbonyl (C=O) groups excluding carboxylic acids is 2. The zero-order valence-corrected chi connectivity index (χ0v) is 24.8. The quantitative estimate of drug-likeness (QED) is 0.295. The van der Waals surface area contributed by atoms with E-state index in [1.54, 1.807) is 17.0 Å². The Bertz CT molecular complexity index is 1410. The van der Waals surface area contributed by atoms with Crippen molar-refractivity contribution in [3.8, 4) is 11.5 Å². The molecule has 12 heteroatoms. The van der Waals surface area contributed by atoms with E-state index >= 15 is 0 Å². The minimum Gasteiger partial charge on any atom is -0.508 e. The van der Waals surface area contributed by atoms with Gasteiger partial charge in [-0.3, -0.25) is 9.59 Å². The summed E-state index contributed by atoms with van der Waals surface area (Å²) >= 11 is 1.18. The van der Waals surface area contributed by atoms with Gasteiger partial charge >= 0.3 is 10.2 Å². The van der Waals surface area contributed by atoms with Gasteiger partial charge in [0.05, 0.1) is 20.1 Å². The second-order valence-corrected chi connectivity index (χ2v) is 12.3. The van der Waals surface area contributed by atoms with Gasteiger partial charge < -0.3 is 14.7 Å². The highest BCUT2D eigenvalue weighted by Crippen LogP contribution is 2.30. The van der Waals surface area contributed by atoms with Crippen molar-refractivity contribution >= 4 is 33.4 Å². The monoisotopic (exact) mass is 588 g/mol. The van der Waals surface area contributed by atoms with E-state index in [0.29, 0.717) is 35.7 Å². The summed E-state index contributed by atoms with van der Waals surface area (Å²) in [5, 5.41) is 12.5. The molecule has 10 nitrogen and oxygen atoms in total. The van der Waals surface area contributed by atoms with Crippen molar-refractivity contribution in [3.63, 3.8) is 0 Å². The molecule has 0 bridgehead atoms. The number of methoxy groups -OCH3 is 1. The fraction of sp³-hybridized carbons (Fsp3) is 0.393. The maximum Gasteiger partial charge on any atom is 0.303 e. The molecule has 216 valence electrons. The minimum atomic E-state index is -3.96. The number of nitrogens with one attached hydrogen (secondary N) is 1. The smallest absolute Gasteiger partial charge is 0.303 e. The van der Waals surface area contributed by atoms with Crippen LogP contribution >= 0.6 is 11.3 Å². The number of hydrogen-bond donors (Lipinski definition) is 2. The molecular formula is C28H36N4O6S2. The molecule has 0 saturated carbocycles. The highest BCUT2D eigenvalue weighted by Gasteiger charge is 2.23. The van der Waals surface area contributed by atoms with Gasteiger partial charge in [-0.1, -0.05) is 43.7 Å². The van der Waals surface area contributed by atoms with Crippen LogP contribution in [0.4, 0.5) is 0 Å². The molecule has 2 amide bonds. The first-order chi connectivity index (χ1) is 19.0. The van der Waals surface area contributed by atoms with Crippen molar-refractivity contribution < 1.29 is 27.9 Å². The highest BCUT2D eigenvalue weighted by molar-refractivity contribution is 7.87. The van der Waals surface area contributed by atoms with E-state index in [9.17, 15) is 23.1 Å². The Kier molecular flexibility index (Phi) is 11.1. The first-order valence-corrected chi connectivity index (χ1v) is 15.3. The Morgan fingerprint density at radius 2 is 1.85 bits per heavy atom. The summed E-state index contributed by atoms with van der Waals surface area (Å²) in [5.74, 6) is -0.425. The van der Waals surface area contributed by atoms with Gasteiger partial charge in [-0.25, -0.2) is 9.71 Å². The number of rotatable bonds is 14. The van der Waals surface area contributed by atoms with Gasteiger partial charge in [-0.2, -0.15) is 12.7 Å². The maximum absolute atomic E-state index is 13.6. The molecule has 0 unspecified atom stereocenters. The molecule has 1 heterocycles. The molecule has 40 heavy (non-hydrogen) atoms. The number of nitrogens with zero attached hydrogens (tertiary/aromatic N) is 3. The van der Waals surface area contributed by atoms with Gasteiger partial charge in [0.25, 0.3) is 5.91 Å². The van der Waals surface area contributed by atoms with Gasteiger partial charge in [0, 0.05) is 32.1 Å². The summed E-state index contributed by atoms with van der Waals surface area (Å²) in [7, 11) is 0.178. The van der Waals surface area contributed by atoms with Gasteiger partial charge in [0.1, 0.15) is 22.2 Å². The molecule has 0 aliphatic carbocycles. The maximum atomic E-state index is 13.6. The topological polar surface area (TPSA) is 129 Å². The molecule has 0 spiro atoms. The van der Waals surface area contributed by atoms with E-state index in [1.165, 1.54) is 37.9 Å². The summed E-state index contributed by atoms with van der Waals surface area (Å²) in [6.45, 7) is 2.61. The Labute approximate surface area is 239 Å². The lowest BCUT2D eigenvalue weighted by atomic mass is 9.98. The SMILES string of the molecule is CCCc1c(O)cc(OC)cc1CC(=O)N(CCCc1ccccc1)Cc1nc(C(=O)NS(=O)(=O)N(C)C)cs1. The number of amides is 2. The molecular weight excluding hydrogens is 552 g/mol. The van der Waals surface area contributed by atoms with Crippen LogP contribution in [-0.4, -0.2) is 67.3 Å². The van der Waals surface area contributed by atoms with Crippen molar-refractivity contribution in [2.75, 3.05) is 27.7 Å². The van der Waals surface area contributed by atoms with Crippen LogP contribution in [0.25, 0.3) is 0 Å². The van der Waals surface area contributed by atoms with Crippen molar-refractivity contribution in [3.05, 3.63) is 75.2 Å². The third-order valence-electron chi connectivity index (χ3n) is 6.27. The number of thiazole rings is 1. The van der Waals surface area contributed by atoms with Crippen molar-refractivity contribution in [1.82, 2.24) is 18.9 Å². The fourth-order valence-corrected chi connectivity index (χ4v) is 5.41. The van der Waals surface area contributed by atoms with Gasteiger partial charge in [-0.05, 0) is 42.0 Å². The summed E-state index contributed by atoms with van der Waals surface area (Å²) in [6, 6.07) is 13.3. The van der Waals surface area contributed by atoms with E-state index in [-0.39, 0.29) is 30.3 Å². The lowest BCUT2D eigenvalue weighted by molar-refractivity contribution is -0.131. The van der Waals surface area contributed by atoms with Crippen LogP contribution in [-0.2, 0) is 40.8 Å². The van der Waals surface area contributed by atoms with Crippen molar-refractivity contribution in [2.45, 2.75) is 45.6 Å². The van der Waals surface area contributed by atoms with E-state index < -0.39 is 16.1 Å². The number of phenolic OH excluding ortho intramolecular Hbond substituents is 1. The lowest BCUT2D eigenvalue weighted by Gasteiger charge is -2.23. The normalized spacial score (nSPS) is 11.4. The van der Waals surface area contributed by atoms with Gasteiger partial charge in [0.15, 0.2) is 0 Å². The van der Waals surface area contributed by atoms with Crippen molar-refractivity contribution in [1.29, 1.82) is 0 Å². The minimum absolute atomic E-state index is 0.0370. The first kappa shape index (κ1) is 31.1. The van der Waals surface area contributed by atoms with E-state index in [0.717, 1.165) is 28.3 Å². The number of aromatic nitrogens is 1. The molecule has 3 aromatic rings. The van der Waals surface area contributed by atoms with Crippen LogP contribution < -0.4 is 9.46 Å². The number of benzene rings is 2. The van der Waals surface area contributed by atoms with E-state index in [4.69, 9.17) is 4.74 Å². The summed E-state index contributed by atoms with van der Waals surface area (Å²) < 4.78 is 32.2. The largest absolute Gasteiger partial charge is 0.508 e. The van der Waals surface area contributed by atoms with Gasteiger partial charge in [0.2, 0.25) is 5.91 Å². The number of aromatic hydroxyl groups is 1. The molecule has 0 saturated heterocycles. The fourth-order valence-electron chi connectivity index (χ4n) is 4.10.